The summed E-state index contributed by atoms with van der Waals surface area (Å²) < 4.78 is 6.84. The molecule has 1 aliphatic rings. The zero-order valence-corrected chi connectivity index (χ0v) is 11.2. The fourth-order valence-corrected chi connectivity index (χ4v) is 2.36. The Morgan fingerprint density at radius 3 is 2.78 bits per heavy atom. The van der Waals surface area contributed by atoms with E-state index in [4.69, 9.17) is 4.74 Å². The molecule has 0 aromatic carbocycles. The molecule has 0 radical (unpaired) electrons. The Hall–Kier alpha value is -1.36. The van der Waals surface area contributed by atoms with Crippen molar-refractivity contribution in [2.45, 2.75) is 32.7 Å². The maximum atomic E-state index is 11.8. The van der Waals surface area contributed by atoms with E-state index in [1.165, 1.54) is 19.3 Å². The normalized spacial score (nSPS) is 16.8. The van der Waals surface area contributed by atoms with Crippen LogP contribution in [0.3, 0.4) is 0 Å². The number of aryl methyl sites for hydroxylation is 1. The first kappa shape index (κ1) is 13.1. The third-order valence-electron chi connectivity index (χ3n) is 3.38. The van der Waals surface area contributed by atoms with E-state index in [1.807, 2.05) is 14.0 Å². The van der Waals surface area contributed by atoms with Crippen LogP contribution in [-0.4, -0.2) is 40.3 Å². The Labute approximate surface area is 108 Å². The molecular formula is C13H21N3O2. The second kappa shape index (κ2) is 6.00. The highest BCUT2D eigenvalue weighted by atomic mass is 16.5. The summed E-state index contributed by atoms with van der Waals surface area (Å²) in [6.45, 7) is 5.21. The average molecular weight is 251 g/mol. The molecule has 2 heterocycles. The van der Waals surface area contributed by atoms with Crippen LogP contribution in [0.2, 0.25) is 0 Å². The Morgan fingerprint density at radius 2 is 2.11 bits per heavy atom. The van der Waals surface area contributed by atoms with Gasteiger partial charge in [0.15, 0.2) is 0 Å². The van der Waals surface area contributed by atoms with Gasteiger partial charge >= 0.3 is 5.97 Å². The van der Waals surface area contributed by atoms with Gasteiger partial charge in [-0.25, -0.2) is 4.79 Å². The van der Waals surface area contributed by atoms with Crippen LogP contribution in [-0.2, 0) is 18.3 Å². The maximum absolute atomic E-state index is 11.8. The topological polar surface area (TPSA) is 47.4 Å². The summed E-state index contributed by atoms with van der Waals surface area (Å²) in [5.74, 6) is -0.266. The fraction of sp³-hybridized carbons (Fsp3) is 0.692. The molecule has 1 aromatic rings. The summed E-state index contributed by atoms with van der Waals surface area (Å²) in [7, 11) is 1.88. The van der Waals surface area contributed by atoms with E-state index in [-0.39, 0.29) is 5.97 Å². The molecule has 0 aliphatic carbocycles. The number of hydrogen-bond acceptors (Lipinski definition) is 4. The predicted octanol–water partition coefficient (Wildman–Crippen LogP) is 1.58. The summed E-state index contributed by atoms with van der Waals surface area (Å²) in [5, 5.41) is 4.17. The lowest BCUT2D eigenvalue weighted by Gasteiger charge is -2.26. The number of hydrogen-bond donors (Lipinski definition) is 0. The van der Waals surface area contributed by atoms with Crippen LogP contribution in [0.1, 0.15) is 42.2 Å². The van der Waals surface area contributed by atoms with E-state index in [0.29, 0.717) is 12.2 Å². The number of piperidine rings is 1. The largest absolute Gasteiger partial charge is 0.462 e. The molecule has 0 spiro atoms. The van der Waals surface area contributed by atoms with Gasteiger partial charge in [0.2, 0.25) is 0 Å². The molecule has 5 nitrogen and oxygen atoms in total. The Balaban J connectivity index is 2.10. The summed E-state index contributed by atoms with van der Waals surface area (Å²) >= 11 is 0. The van der Waals surface area contributed by atoms with Crippen molar-refractivity contribution < 1.29 is 9.53 Å². The van der Waals surface area contributed by atoms with Crippen LogP contribution in [0.4, 0.5) is 0 Å². The van der Waals surface area contributed by atoms with Crippen LogP contribution in [0.25, 0.3) is 0 Å². The highest BCUT2D eigenvalue weighted by Crippen LogP contribution is 2.16. The summed E-state index contributed by atoms with van der Waals surface area (Å²) in [5.41, 5.74) is 1.56. The molecule has 1 saturated heterocycles. The molecule has 1 aliphatic heterocycles. The number of likely N-dealkylation sites (tertiary alicyclic amines) is 1. The molecule has 0 bridgehead atoms. The molecule has 1 aromatic heterocycles. The van der Waals surface area contributed by atoms with Crippen molar-refractivity contribution in [1.82, 2.24) is 14.7 Å². The van der Waals surface area contributed by atoms with E-state index < -0.39 is 0 Å². The number of aromatic nitrogens is 2. The quantitative estimate of drug-likeness (QED) is 0.762. The molecule has 18 heavy (non-hydrogen) atoms. The third kappa shape index (κ3) is 2.90. The molecule has 5 heteroatoms. The van der Waals surface area contributed by atoms with E-state index in [1.54, 1.807) is 10.9 Å². The van der Waals surface area contributed by atoms with Crippen molar-refractivity contribution in [2.75, 3.05) is 19.7 Å². The van der Waals surface area contributed by atoms with Crippen molar-refractivity contribution >= 4 is 5.97 Å². The minimum Gasteiger partial charge on any atom is -0.462 e. The number of carbonyl (C=O) groups excluding carboxylic acids is 1. The number of esters is 1. The minimum atomic E-state index is -0.266. The summed E-state index contributed by atoms with van der Waals surface area (Å²) in [6.07, 6.45) is 5.41. The van der Waals surface area contributed by atoms with Crippen molar-refractivity contribution in [1.29, 1.82) is 0 Å². The van der Waals surface area contributed by atoms with Crippen LogP contribution in [0.5, 0.6) is 0 Å². The van der Waals surface area contributed by atoms with Gasteiger partial charge in [-0.05, 0) is 32.9 Å². The highest BCUT2D eigenvalue weighted by molar-refractivity contribution is 5.90. The Bertz CT molecular complexity index is 408. The van der Waals surface area contributed by atoms with Crippen molar-refractivity contribution in [3.8, 4) is 0 Å². The smallest absolute Gasteiger partial charge is 0.341 e. The average Bonchev–Trinajstić information content (AvgIpc) is 2.73. The van der Waals surface area contributed by atoms with Crippen LogP contribution in [0.15, 0.2) is 6.20 Å². The van der Waals surface area contributed by atoms with Gasteiger partial charge in [-0.3, -0.25) is 9.58 Å². The van der Waals surface area contributed by atoms with Gasteiger partial charge in [-0.15, -0.1) is 0 Å². The second-order valence-electron chi connectivity index (χ2n) is 4.69. The van der Waals surface area contributed by atoms with Crippen molar-refractivity contribution in [2.24, 2.45) is 7.05 Å². The zero-order valence-electron chi connectivity index (χ0n) is 11.2. The second-order valence-corrected chi connectivity index (χ2v) is 4.69. The monoisotopic (exact) mass is 251 g/mol. The van der Waals surface area contributed by atoms with E-state index >= 15 is 0 Å². The minimum absolute atomic E-state index is 0.266. The van der Waals surface area contributed by atoms with Gasteiger partial charge in [0.25, 0.3) is 0 Å². The van der Waals surface area contributed by atoms with Crippen LogP contribution >= 0.6 is 0 Å². The summed E-state index contributed by atoms with van der Waals surface area (Å²) in [6, 6.07) is 0. The van der Waals surface area contributed by atoms with Gasteiger partial charge in [0.1, 0.15) is 5.56 Å². The van der Waals surface area contributed by atoms with Crippen molar-refractivity contribution in [3.63, 3.8) is 0 Å². The SMILES string of the molecule is CCOC(=O)c1cnn(C)c1CN1CCCCC1. The number of rotatable bonds is 4. The van der Waals surface area contributed by atoms with Crippen LogP contribution in [0, 0.1) is 0 Å². The lowest BCUT2D eigenvalue weighted by atomic mass is 10.1. The first-order valence-electron chi connectivity index (χ1n) is 6.62. The predicted molar refractivity (Wildman–Crippen MR) is 68.3 cm³/mol. The number of nitrogens with zero attached hydrogens (tertiary/aromatic N) is 3. The van der Waals surface area contributed by atoms with Gasteiger partial charge < -0.3 is 4.74 Å². The van der Waals surface area contributed by atoms with E-state index in [9.17, 15) is 4.79 Å². The molecule has 1 fully saturated rings. The molecule has 0 N–H and O–H groups in total. The van der Waals surface area contributed by atoms with Gasteiger partial charge in [-0.2, -0.15) is 5.10 Å². The molecular weight excluding hydrogens is 230 g/mol. The zero-order chi connectivity index (χ0) is 13.0. The van der Waals surface area contributed by atoms with Crippen molar-refractivity contribution in [3.05, 3.63) is 17.5 Å². The maximum Gasteiger partial charge on any atom is 0.341 e. The first-order valence-corrected chi connectivity index (χ1v) is 6.62. The molecule has 2 rings (SSSR count). The fourth-order valence-electron chi connectivity index (χ4n) is 2.36. The number of carbonyl (C=O) groups is 1. The molecule has 0 saturated carbocycles. The summed E-state index contributed by atoms with van der Waals surface area (Å²) in [4.78, 5) is 14.2. The van der Waals surface area contributed by atoms with Gasteiger partial charge in [-0.1, -0.05) is 6.42 Å². The van der Waals surface area contributed by atoms with E-state index in [0.717, 1.165) is 25.3 Å². The molecule has 0 unspecified atom stereocenters. The lowest BCUT2D eigenvalue weighted by Crippen LogP contribution is -2.30. The Kier molecular flexibility index (Phi) is 4.36. The number of ether oxygens (including phenoxy) is 1. The highest BCUT2D eigenvalue weighted by Gasteiger charge is 2.20. The molecule has 0 atom stereocenters. The van der Waals surface area contributed by atoms with Gasteiger partial charge in [0, 0.05) is 13.6 Å². The third-order valence-corrected chi connectivity index (χ3v) is 3.38. The van der Waals surface area contributed by atoms with Crippen LogP contribution < -0.4 is 0 Å². The van der Waals surface area contributed by atoms with E-state index in [2.05, 4.69) is 10.00 Å². The standard InChI is InChI=1S/C13H21N3O2/c1-3-18-13(17)11-9-14-15(2)12(11)10-16-7-5-4-6-8-16/h9H,3-8,10H2,1-2H3. The van der Waals surface area contributed by atoms with Gasteiger partial charge in [0.05, 0.1) is 18.5 Å². The first-order chi connectivity index (χ1) is 8.72. The Morgan fingerprint density at radius 1 is 1.39 bits per heavy atom. The molecule has 0 amide bonds. The lowest BCUT2D eigenvalue weighted by molar-refractivity contribution is 0.0523. The molecule has 100 valence electrons.